The van der Waals surface area contributed by atoms with E-state index in [0.717, 1.165) is 11.1 Å². The van der Waals surface area contributed by atoms with E-state index in [1.165, 1.54) is 4.90 Å². The van der Waals surface area contributed by atoms with Crippen LogP contribution in [-0.4, -0.2) is 25.9 Å². The topological polar surface area (TPSA) is 29.5 Å². The van der Waals surface area contributed by atoms with Crippen molar-refractivity contribution in [2.75, 3.05) is 7.05 Å². The molecule has 20 heavy (non-hydrogen) atoms. The summed E-state index contributed by atoms with van der Waals surface area (Å²) in [7, 11) is 7.34. The number of nitrogens with zero attached hydrogens (tertiary/aromatic N) is 1. The summed E-state index contributed by atoms with van der Waals surface area (Å²) in [5.74, 6) is 0. The van der Waals surface area contributed by atoms with Crippen LogP contribution in [0, 0.1) is 0 Å². The number of carbonyl (C=O) groups is 1. The molecule has 100 valence electrons. The summed E-state index contributed by atoms with van der Waals surface area (Å²) in [6.07, 6.45) is -0.342. The van der Waals surface area contributed by atoms with Crippen LogP contribution >= 0.6 is 0 Å². The van der Waals surface area contributed by atoms with Gasteiger partial charge in [0, 0.05) is 13.6 Å². The molecule has 1 amide bonds. The fourth-order valence-electron chi connectivity index (χ4n) is 1.79. The van der Waals surface area contributed by atoms with Crippen molar-refractivity contribution in [2.24, 2.45) is 0 Å². The molecule has 0 fully saturated rings. The molecule has 2 radical (unpaired) electrons. The molecule has 0 heterocycles. The van der Waals surface area contributed by atoms with Gasteiger partial charge >= 0.3 is 6.09 Å². The third-order valence-electron chi connectivity index (χ3n) is 2.92. The van der Waals surface area contributed by atoms with Gasteiger partial charge in [-0.25, -0.2) is 4.79 Å². The maximum atomic E-state index is 11.9. The van der Waals surface area contributed by atoms with Gasteiger partial charge in [-0.2, -0.15) is 0 Å². The minimum Gasteiger partial charge on any atom is -0.445 e. The monoisotopic (exact) mass is 265 g/mol. The second-order valence-corrected chi connectivity index (χ2v) is 4.64. The highest BCUT2D eigenvalue weighted by atomic mass is 16.6. The number of hydrogen-bond donors (Lipinski definition) is 0. The molecule has 2 aromatic rings. The maximum Gasteiger partial charge on any atom is 0.410 e. The number of ether oxygens (including phenoxy) is 1. The van der Waals surface area contributed by atoms with Crippen molar-refractivity contribution in [1.82, 2.24) is 4.90 Å². The summed E-state index contributed by atoms with van der Waals surface area (Å²) in [4.78, 5) is 13.4. The highest BCUT2D eigenvalue weighted by Crippen LogP contribution is 2.06. The number of amides is 1. The molecular weight excluding hydrogens is 249 g/mol. The van der Waals surface area contributed by atoms with Crippen molar-refractivity contribution in [1.29, 1.82) is 0 Å². The van der Waals surface area contributed by atoms with Gasteiger partial charge in [0.1, 0.15) is 14.5 Å². The second-order valence-electron chi connectivity index (χ2n) is 4.64. The summed E-state index contributed by atoms with van der Waals surface area (Å²) >= 11 is 0. The van der Waals surface area contributed by atoms with Crippen LogP contribution in [0.1, 0.15) is 11.1 Å². The van der Waals surface area contributed by atoms with E-state index >= 15 is 0 Å². The Bertz CT molecular complexity index is 554. The van der Waals surface area contributed by atoms with Crippen LogP contribution in [0.4, 0.5) is 4.79 Å². The normalized spacial score (nSPS) is 10.1. The minimum absolute atomic E-state index is 0.283. The van der Waals surface area contributed by atoms with Crippen LogP contribution < -0.4 is 5.46 Å². The lowest BCUT2D eigenvalue weighted by molar-refractivity contribution is 0.103. The van der Waals surface area contributed by atoms with Crippen LogP contribution in [0.5, 0.6) is 0 Å². The highest BCUT2D eigenvalue weighted by Gasteiger charge is 2.10. The zero-order valence-corrected chi connectivity index (χ0v) is 11.5. The lowest BCUT2D eigenvalue weighted by atomic mass is 9.95. The van der Waals surface area contributed by atoms with Gasteiger partial charge in [-0.15, -0.1) is 0 Å². The average Bonchev–Trinajstić information content (AvgIpc) is 2.48. The molecule has 0 spiro atoms. The molecule has 0 aromatic heterocycles. The van der Waals surface area contributed by atoms with Crippen LogP contribution in [0.15, 0.2) is 54.6 Å². The highest BCUT2D eigenvalue weighted by molar-refractivity contribution is 6.32. The summed E-state index contributed by atoms with van der Waals surface area (Å²) in [5.41, 5.74) is 2.70. The lowest BCUT2D eigenvalue weighted by Crippen LogP contribution is -2.27. The maximum absolute atomic E-state index is 11.9. The Morgan fingerprint density at radius 1 is 1.05 bits per heavy atom. The Kier molecular flexibility index (Phi) is 4.83. The number of rotatable bonds is 4. The first-order chi connectivity index (χ1) is 9.65. The first-order valence-electron chi connectivity index (χ1n) is 6.41. The van der Waals surface area contributed by atoms with Gasteiger partial charge in [0.05, 0.1) is 0 Å². The number of carbonyl (C=O) groups excluding carboxylic acids is 1. The minimum atomic E-state index is -0.342. The molecule has 0 saturated heterocycles. The van der Waals surface area contributed by atoms with Crippen LogP contribution in [0.3, 0.4) is 0 Å². The second kappa shape index (κ2) is 6.80. The molecule has 3 nitrogen and oxygen atoms in total. The predicted molar refractivity (Wildman–Crippen MR) is 79.9 cm³/mol. The summed E-state index contributed by atoms with van der Waals surface area (Å²) < 4.78 is 5.25. The first kappa shape index (κ1) is 14.2. The number of benzene rings is 2. The Morgan fingerprint density at radius 3 is 2.35 bits per heavy atom. The standard InChI is InChI=1S/C16H16BNO2/c1-18(11-13-7-9-15(17)10-8-13)16(19)20-12-14-5-3-2-4-6-14/h2-10H,11-12H2,1H3. The van der Waals surface area contributed by atoms with Crippen molar-refractivity contribution in [3.63, 3.8) is 0 Å². The fourth-order valence-corrected chi connectivity index (χ4v) is 1.79. The quantitative estimate of drug-likeness (QED) is 0.793. The van der Waals surface area contributed by atoms with Gasteiger partial charge in [0.15, 0.2) is 0 Å². The summed E-state index contributed by atoms with van der Waals surface area (Å²) in [6, 6.07) is 17.0. The van der Waals surface area contributed by atoms with Gasteiger partial charge < -0.3 is 9.64 Å². The predicted octanol–water partition coefficient (Wildman–Crippen LogP) is 2.25. The Labute approximate surface area is 120 Å². The molecule has 4 heteroatoms. The molecule has 0 N–H and O–H groups in total. The summed E-state index contributed by atoms with van der Waals surface area (Å²) in [6.45, 7) is 0.777. The molecule has 0 aliphatic carbocycles. The van der Waals surface area contributed by atoms with Crippen molar-refractivity contribution in [2.45, 2.75) is 13.2 Å². The average molecular weight is 265 g/mol. The van der Waals surface area contributed by atoms with E-state index in [9.17, 15) is 4.79 Å². The van der Waals surface area contributed by atoms with Crippen molar-refractivity contribution in [3.8, 4) is 0 Å². The third-order valence-corrected chi connectivity index (χ3v) is 2.92. The van der Waals surface area contributed by atoms with E-state index in [1.54, 1.807) is 7.05 Å². The molecule has 0 atom stereocenters. The SMILES string of the molecule is [B]c1ccc(CN(C)C(=O)OCc2ccccc2)cc1. The first-order valence-corrected chi connectivity index (χ1v) is 6.41. The molecule has 2 aromatic carbocycles. The van der Waals surface area contributed by atoms with E-state index in [0.29, 0.717) is 12.0 Å². The van der Waals surface area contributed by atoms with Crippen LogP contribution in [-0.2, 0) is 17.9 Å². The molecule has 0 unspecified atom stereocenters. The molecular formula is C16H16BNO2. The van der Waals surface area contributed by atoms with Gasteiger partial charge in [0.25, 0.3) is 0 Å². The van der Waals surface area contributed by atoms with Gasteiger partial charge in [-0.05, 0) is 11.1 Å². The molecule has 0 aliphatic heterocycles. The van der Waals surface area contributed by atoms with Crippen LogP contribution in [0.25, 0.3) is 0 Å². The van der Waals surface area contributed by atoms with E-state index < -0.39 is 0 Å². The van der Waals surface area contributed by atoms with E-state index in [1.807, 2.05) is 54.6 Å². The van der Waals surface area contributed by atoms with Crippen molar-refractivity contribution < 1.29 is 9.53 Å². The van der Waals surface area contributed by atoms with Crippen molar-refractivity contribution >= 4 is 19.4 Å². The molecule has 2 rings (SSSR count). The Hall–Kier alpha value is -2.23. The Balaban J connectivity index is 1.84. The largest absolute Gasteiger partial charge is 0.445 e. The zero-order chi connectivity index (χ0) is 14.4. The Morgan fingerprint density at radius 2 is 1.70 bits per heavy atom. The van der Waals surface area contributed by atoms with E-state index in [4.69, 9.17) is 12.6 Å². The van der Waals surface area contributed by atoms with E-state index in [2.05, 4.69) is 0 Å². The van der Waals surface area contributed by atoms with Crippen molar-refractivity contribution in [3.05, 3.63) is 65.7 Å². The van der Waals surface area contributed by atoms with Crippen LogP contribution in [0.2, 0.25) is 0 Å². The van der Waals surface area contributed by atoms with Gasteiger partial charge in [-0.1, -0.05) is 60.1 Å². The lowest BCUT2D eigenvalue weighted by Gasteiger charge is -2.17. The molecule has 0 bridgehead atoms. The van der Waals surface area contributed by atoms with Gasteiger partial charge in [0.2, 0.25) is 0 Å². The summed E-state index contributed by atoms with van der Waals surface area (Å²) in [5, 5.41) is 0. The van der Waals surface area contributed by atoms with E-state index in [-0.39, 0.29) is 12.7 Å². The number of hydrogen-bond acceptors (Lipinski definition) is 2. The molecule has 0 aliphatic rings. The smallest absolute Gasteiger partial charge is 0.410 e. The fraction of sp³-hybridized carbons (Fsp3) is 0.188. The zero-order valence-electron chi connectivity index (χ0n) is 11.5. The molecule has 0 saturated carbocycles. The third kappa shape index (κ3) is 4.16. The van der Waals surface area contributed by atoms with Gasteiger partial charge in [-0.3, -0.25) is 0 Å².